The van der Waals surface area contributed by atoms with Crippen LogP contribution in [0.3, 0.4) is 0 Å². The number of likely N-dealkylation sites (tertiary alicyclic amines) is 2. The Labute approximate surface area is 212 Å². The van der Waals surface area contributed by atoms with Gasteiger partial charge in [0.05, 0.1) is 15.6 Å². The number of carbonyl (C=O) groups excluding carboxylic acids is 1. The molecule has 2 fully saturated rings. The molecule has 0 aliphatic carbocycles. The number of carbonyl (C=O) groups is 1. The first-order valence-electron chi connectivity index (χ1n) is 13.0. The van der Waals surface area contributed by atoms with Crippen molar-refractivity contribution in [2.45, 2.75) is 61.6 Å². The third-order valence-electron chi connectivity index (χ3n) is 7.41. The van der Waals surface area contributed by atoms with Crippen molar-refractivity contribution < 1.29 is 4.79 Å². The minimum absolute atomic E-state index is 0.0628. The van der Waals surface area contributed by atoms with Gasteiger partial charge in [-0.2, -0.15) is 0 Å². The van der Waals surface area contributed by atoms with Crippen molar-refractivity contribution in [3.05, 3.63) is 41.3 Å². The highest BCUT2D eigenvalue weighted by Crippen LogP contribution is 2.43. The van der Waals surface area contributed by atoms with Gasteiger partial charge in [0.1, 0.15) is 0 Å². The lowest BCUT2D eigenvalue weighted by Crippen LogP contribution is -2.47. The first kappa shape index (κ1) is 24.2. The molecule has 4 heterocycles. The molecule has 34 heavy (non-hydrogen) atoms. The summed E-state index contributed by atoms with van der Waals surface area (Å²) in [7, 11) is 0. The van der Waals surface area contributed by atoms with Crippen molar-refractivity contribution in [2.24, 2.45) is 0 Å². The molecule has 0 spiro atoms. The van der Waals surface area contributed by atoms with Crippen LogP contribution in [-0.2, 0) is 0 Å². The zero-order valence-electron chi connectivity index (χ0n) is 20.4. The number of nitrogens with one attached hydrogen (secondary N) is 1. The smallest absolute Gasteiger partial charge is 0.261 e. The third-order valence-corrected chi connectivity index (χ3v) is 9.66. The molecule has 5 rings (SSSR count). The van der Waals surface area contributed by atoms with Crippen molar-refractivity contribution in [3.8, 4) is 0 Å². The first-order valence-corrected chi connectivity index (χ1v) is 14.7. The SMILES string of the molecule is CC1CN(c2ccc(C(=O)NCCCN3CCC(N4CCCCC4)CC3)s2)c2ccccc2S1. The zero-order chi connectivity index (χ0) is 23.3. The Morgan fingerprint density at radius 3 is 2.65 bits per heavy atom. The van der Waals surface area contributed by atoms with Crippen LogP contribution in [-0.4, -0.2) is 72.8 Å². The molecule has 1 unspecified atom stereocenters. The molecule has 7 heteroatoms. The normalized spacial score (nSPS) is 22.5. The number of hydrogen-bond donors (Lipinski definition) is 1. The van der Waals surface area contributed by atoms with Gasteiger partial charge in [-0.05, 0) is 89.1 Å². The molecule has 1 aromatic carbocycles. The predicted octanol–water partition coefficient (Wildman–Crippen LogP) is 5.45. The summed E-state index contributed by atoms with van der Waals surface area (Å²) in [5, 5.41) is 4.84. The Kier molecular flexibility index (Phi) is 8.15. The number of thiophene rings is 1. The van der Waals surface area contributed by atoms with Crippen LogP contribution < -0.4 is 10.2 Å². The fraction of sp³-hybridized carbons (Fsp3) is 0.593. The number of fused-ring (bicyclic) bond motifs is 1. The average Bonchev–Trinajstić information content (AvgIpc) is 3.37. The number of amides is 1. The van der Waals surface area contributed by atoms with Gasteiger partial charge in [0.25, 0.3) is 5.91 Å². The van der Waals surface area contributed by atoms with Gasteiger partial charge in [-0.25, -0.2) is 0 Å². The quantitative estimate of drug-likeness (QED) is 0.514. The summed E-state index contributed by atoms with van der Waals surface area (Å²) in [4.78, 5) is 22.6. The molecule has 2 saturated heterocycles. The average molecular weight is 499 g/mol. The largest absolute Gasteiger partial charge is 0.351 e. The number of rotatable bonds is 7. The number of para-hydroxylation sites is 1. The van der Waals surface area contributed by atoms with E-state index in [9.17, 15) is 4.79 Å². The van der Waals surface area contributed by atoms with Gasteiger partial charge >= 0.3 is 0 Å². The molecule has 1 N–H and O–H groups in total. The van der Waals surface area contributed by atoms with Crippen LogP contribution in [0.25, 0.3) is 0 Å². The van der Waals surface area contributed by atoms with Gasteiger partial charge < -0.3 is 20.0 Å². The Morgan fingerprint density at radius 2 is 1.82 bits per heavy atom. The molecule has 184 valence electrons. The van der Waals surface area contributed by atoms with Gasteiger partial charge in [0.2, 0.25) is 0 Å². The lowest BCUT2D eigenvalue weighted by atomic mass is 10.00. The number of thioether (sulfide) groups is 1. The van der Waals surface area contributed by atoms with Gasteiger partial charge in [-0.3, -0.25) is 4.79 Å². The predicted molar refractivity (Wildman–Crippen MR) is 145 cm³/mol. The first-order chi connectivity index (χ1) is 16.7. The van der Waals surface area contributed by atoms with E-state index in [4.69, 9.17) is 0 Å². The molecule has 0 saturated carbocycles. The van der Waals surface area contributed by atoms with Crippen LogP contribution in [0.4, 0.5) is 10.7 Å². The summed E-state index contributed by atoms with van der Waals surface area (Å²) < 4.78 is 0. The number of benzene rings is 1. The molecule has 5 nitrogen and oxygen atoms in total. The summed E-state index contributed by atoms with van der Waals surface area (Å²) >= 11 is 3.54. The van der Waals surface area contributed by atoms with E-state index in [0.717, 1.165) is 42.0 Å². The molecular formula is C27H38N4OS2. The van der Waals surface area contributed by atoms with Crippen LogP contribution in [0.15, 0.2) is 41.3 Å². The monoisotopic (exact) mass is 498 g/mol. The molecule has 3 aliphatic heterocycles. The molecule has 1 atom stereocenters. The molecule has 1 aromatic heterocycles. The molecule has 1 amide bonds. The van der Waals surface area contributed by atoms with Gasteiger partial charge in [-0.1, -0.05) is 25.5 Å². The summed E-state index contributed by atoms with van der Waals surface area (Å²) in [5.41, 5.74) is 1.25. The molecular weight excluding hydrogens is 460 g/mol. The fourth-order valence-electron chi connectivity index (χ4n) is 5.58. The van der Waals surface area contributed by atoms with Crippen molar-refractivity contribution in [2.75, 3.05) is 50.7 Å². The van der Waals surface area contributed by atoms with E-state index in [-0.39, 0.29) is 5.91 Å². The third kappa shape index (κ3) is 5.81. The van der Waals surface area contributed by atoms with Crippen molar-refractivity contribution in [1.29, 1.82) is 0 Å². The van der Waals surface area contributed by atoms with E-state index >= 15 is 0 Å². The van der Waals surface area contributed by atoms with E-state index < -0.39 is 0 Å². The van der Waals surface area contributed by atoms with Crippen LogP contribution in [0.1, 0.15) is 55.1 Å². The lowest BCUT2D eigenvalue weighted by Gasteiger charge is -2.40. The molecule has 0 bridgehead atoms. The Balaban J connectivity index is 1.06. The van der Waals surface area contributed by atoms with E-state index in [1.54, 1.807) is 11.3 Å². The van der Waals surface area contributed by atoms with Gasteiger partial charge in [0, 0.05) is 29.3 Å². The Morgan fingerprint density at radius 1 is 1.03 bits per heavy atom. The van der Waals surface area contributed by atoms with Crippen molar-refractivity contribution >= 4 is 39.7 Å². The second-order valence-corrected chi connectivity index (χ2v) is 12.5. The van der Waals surface area contributed by atoms with E-state index in [1.807, 2.05) is 17.8 Å². The highest BCUT2D eigenvalue weighted by molar-refractivity contribution is 8.00. The van der Waals surface area contributed by atoms with Crippen molar-refractivity contribution in [3.63, 3.8) is 0 Å². The maximum absolute atomic E-state index is 12.8. The van der Waals surface area contributed by atoms with E-state index in [0.29, 0.717) is 5.25 Å². The Bertz CT molecular complexity index is 950. The van der Waals surface area contributed by atoms with Crippen LogP contribution in [0, 0.1) is 0 Å². The maximum Gasteiger partial charge on any atom is 0.261 e. The molecule has 0 radical (unpaired) electrons. The second kappa shape index (κ2) is 11.5. The van der Waals surface area contributed by atoms with E-state index in [2.05, 4.69) is 57.3 Å². The standard InChI is InChI=1S/C27H38N4OS2/c1-21-20-31(23-8-3-4-9-24(23)33-21)26-11-10-25(34-26)27(32)28-14-7-15-29-18-12-22(13-19-29)30-16-5-2-6-17-30/h3-4,8-11,21-22H,2,5-7,12-20H2,1H3,(H,28,32). The minimum Gasteiger partial charge on any atom is -0.351 e. The lowest BCUT2D eigenvalue weighted by molar-refractivity contribution is 0.0904. The summed E-state index contributed by atoms with van der Waals surface area (Å²) in [6.07, 6.45) is 7.82. The summed E-state index contributed by atoms with van der Waals surface area (Å²) in [6, 6.07) is 13.5. The van der Waals surface area contributed by atoms with Crippen LogP contribution >= 0.6 is 23.1 Å². The van der Waals surface area contributed by atoms with Crippen LogP contribution in [0.5, 0.6) is 0 Å². The van der Waals surface area contributed by atoms with E-state index in [1.165, 1.54) is 68.9 Å². The Hall–Kier alpha value is -1.54. The fourth-order valence-corrected chi connectivity index (χ4v) is 7.63. The van der Waals surface area contributed by atoms with Crippen molar-refractivity contribution in [1.82, 2.24) is 15.1 Å². The minimum atomic E-state index is 0.0628. The summed E-state index contributed by atoms with van der Waals surface area (Å²) in [6.45, 7) is 10.1. The number of piperidine rings is 2. The topological polar surface area (TPSA) is 38.8 Å². The summed E-state index contributed by atoms with van der Waals surface area (Å²) in [5.74, 6) is 0.0628. The second-order valence-electron chi connectivity index (χ2n) is 9.92. The van der Waals surface area contributed by atoms with Gasteiger partial charge in [0.15, 0.2) is 0 Å². The van der Waals surface area contributed by atoms with Gasteiger partial charge in [-0.15, -0.1) is 23.1 Å². The van der Waals surface area contributed by atoms with Crippen LogP contribution in [0.2, 0.25) is 0 Å². The zero-order valence-corrected chi connectivity index (χ0v) is 22.0. The molecule has 3 aliphatic rings. The maximum atomic E-state index is 12.8. The molecule has 2 aromatic rings. The number of anilines is 2. The highest BCUT2D eigenvalue weighted by atomic mass is 32.2. The highest BCUT2D eigenvalue weighted by Gasteiger charge is 2.26. The number of nitrogens with zero attached hydrogens (tertiary/aromatic N) is 3. The number of hydrogen-bond acceptors (Lipinski definition) is 6.